The van der Waals surface area contributed by atoms with E-state index in [0.29, 0.717) is 28.7 Å². The number of methoxy groups -OCH3 is 1. The fraction of sp³-hybridized carbons (Fsp3) is 0.217. The van der Waals surface area contributed by atoms with E-state index >= 15 is 0 Å². The van der Waals surface area contributed by atoms with Gasteiger partial charge in [-0.25, -0.2) is 9.97 Å². The Balaban J connectivity index is 1.57. The van der Waals surface area contributed by atoms with Crippen LogP contribution in [0.25, 0.3) is 0 Å². The van der Waals surface area contributed by atoms with Crippen LogP contribution in [0.3, 0.4) is 0 Å². The number of aromatic nitrogens is 2. The number of anilines is 1. The zero-order chi connectivity index (χ0) is 22.1. The second kappa shape index (κ2) is 11.1. The van der Waals surface area contributed by atoms with Crippen molar-refractivity contribution in [2.45, 2.75) is 24.1 Å². The van der Waals surface area contributed by atoms with Crippen LogP contribution in [-0.4, -0.2) is 35.4 Å². The van der Waals surface area contributed by atoms with Crippen molar-refractivity contribution in [2.75, 3.05) is 19.0 Å². The van der Waals surface area contributed by atoms with Gasteiger partial charge < -0.3 is 15.4 Å². The zero-order valence-corrected chi connectivity index (χ0v) is 18.2. The number of amides is 2. The maximum atomic E-state index is 12.7. The molecule has 0 aliphatic rings. The number of pyridine rings is 2. The molecule has 8 heteroatoms. The van der Waals surface area contributed by atoms with Crippen LogP contribution in [0.2, 0.25) is 0 Å². The van der Waals surface area contributed by atoms with E-state index in [0.717, 1.165) is 23.3 Å². The van der Waals surface area contributed by atoms with Gasteiger partial charge in [-0.1, -0.05) is 12.1 Å². The molecular weight excluding hydrogens is 412 g/mol. The highest BCUT2D eigenvalue weighted by atomic mass is 32.2. The van der Waals surface area contributed by atoms with E-state index in [1.165, 1.54) is 18.7 Å². The topological polar surface area (TPSA) is 93.2 Å². The average molecular weight is 437 g/mol. The first-order chi connectivity index (χ1) is 15.0. The average Bonchev–Trinajstić information content (AvgIpc) is 2.78. The summed E-state index contributed by atoms with van der Waals surface area (Å²) in [6.45, 7) is 1.96. The molecule has 2 heterocycles. The lowest BCUT2D eigenvalue weighted by Gasteiger charge is -2.10. The van der Waals surface area contributed by atoms with Crippen LogP contribution in [-0.2, 0) is 17.0 Å². The quantitative estimate of drug-likeness (QED) is 0.497. The number of thioether (sulfide) groups is 1. The van der Waals surface area contributed by atoms with Gasteiger partial charge in [0.2, 0.25) is 5.91 Å². The number of carbonyl (C=O) groups excluding carboxylic acids is 2. The van der Waals surface area contributed by atoms with E-state index < -0.39 is 0 Å². The molecule has 0 spiro atoms. The van der Waals surface area contributed by atoms with Gasteiger partial charge in [-0.3, -0.25) is 9.59 Å². The maximum Gasteiger partial charge on any atom is 0.254 e. The third-order valence-electron chi connectivity index (χ3n) is 4.38. The molecule has 31 heavy (non-hydrogen) atoms. The summed E-state index contributed by atoms with van der Waals surface area (Å²) in [5.41, 5.74) is 2.63. The van der Waals surface area contributed by atoms with Crippen LogP contribution in [0, 0.1) is 0 Å². The Labute approximate surface area is 185 Å². The Hall–Kier alpha value is -3.39. The van der Waals surface area contributed by atoms with Gasteiger partial charge in [-0.15, -0.1) is 11.8 Å². The Morgan fingerprint density at radius 3 is 2.58 bits per heavy atom. The summed E-state index contributed by atoms with van der Waals surface area (Å²) in [7, 11) is 1.63. The molecule has 0 fully saturated rings. The van der Waals surface area contributed by atoms with E-state index in [1.807, 2.05) is 36.4 Å². The van der Waals surface area contributed by atoms with Crippen LogP contribution in [0.5, 0.6) is 5.75 Å². The molecule has 0 saturated heterocycles. The minimum atomic E-state index is -0.171. The van der Waals surface area contributed by atoms with Gasteiger partial charge in [-0.05, 0) is 53.9 Å². The molecule has 3 aromatic rings. The number of benzene rings is 1. The molecule has 0 atom stereocenters. The highest BCUT2D eigenvalue weighted by Crippen LogP contribution is 2.25. The lowest BCUT2D eigenvalue weighted by atomic mass is 10.1. The summed E-state index contributed by atoms with van der Waals surface area (Å²) in [5.74, 6) is 1.58. The monoisotopic (exact) mass is 436 g/mol. The van der Waals surface area contributed by atoms with E-state index in [4.69, 9.17) is 4.74 Å². The first kappa shape index (κ1) is 22.3. The van der Waals surface area contributed by atoms with Crippen molar-refractivity contribution in [3.63, 3.8) is 0 Å². The fourth-order valence-corrected chi connectivity index (χ4v) is 3.79. The first-order valence-corrected chi connectivity index (χ1v) is 10.7. The standard InChI is InChI=1S/C23H24N4O3S/c1-16(28)27-21-14-18(10-12-24-21)15-31-23-20(4-3-11-26-23)22(29)25-13-9-17-5-7-19(30-2)8-6-17/h3-8,10-12,14H,9,13,15H2,1-2H3,(H,25,29)(H,24,27,28). The normalized spacial score (nSPS) is 10.4. The molecule has 0 bridgehead atoms. The van der Waals surface area contributed by atoms with E-state index in [1.54, 1.807) is 31.6 Å². The Morgan fingerprint density at radius 1 is 1.03 bits per heavy atom. The number of carbonyl (C=O) groups is 2. The highest BCUT2D eigenvalue weighted by molar-refractivity contribution is 7.98. The highest BCUT2D eigenvalue weighted by Gasteiger charge is 2.13. The molecule has 0 aliphatic heterocycles. The maximum absolute atomic E-state index is 12.7. The molecule has 2 amide bonds. The zero-order valence-electron chi connectivity index (χ0n) is 17.4. The van der Waals surface area contributed by atoms with E-state index in [9.17, 15) is 9.59 Å². The van der Waals surface area contributed by atoms with Crippen LogP contribution in [0.4, 0.5) is 5.82 Å². The van der Waals surface area contributed by atoms with Crippen LogP contribution < -0.4 is 15.4 Å². The van der Waals surface area contributed by atoms with Gasteiger partial charge >= 0.3 is 0 Å². The van der Waals surface area contributed by atoms with Gasteiger partial charge in [0.25, 0.3) is 5.91 Å². The van der Waals surface area contributed by atoms with Crippen LogP contribution in [0.15, 0.2) is 66.0 Å². The molecule has 3 rings (SSSR count). The summed E-state index contributed by atoms with van der Waals surface area (Å²) in [4.78, 5) is 32.4. The smallest absolute Gasteiger partial charge is 0.254 e. The van der Waals surface area contributed by atoms with Crippen molar-refractivity contribution in [2.24, 2.45) is 0 Å². The van der Waals surface area contributed by atoms with Gasteiger partial charge in [-0.2, -0.15) is 0 Å². The Kier molecular flexibility index (Phi) is 8.00. The SMILES string of the molecule is COc1ccc(CCNC(=O)c2cccnc2SCc2ccnc(NC(C)=O)c2)cc1. The summed E-state index contributed by atoms with van der Waals surface area (Å²) in [6, 6.07) is 15.0. The number of rotatable bonds is 9. The van der Waals surface area contributed by atoms with Crippen molar-refractivity contribution in [3.05, 3.63) is 77.6 Å². The minimum absolute atomic E-state index is 0.155. The largest absolute Gasteiger partial charge is 0.497 e. The summed E-state index contributed by atoms with van der Waals surface area (Å²) < 4.78 is 5.16. The Morgan fingerprint density at radius 2 is 1.84 bits per heavy atom. The van der Waals surface area contributed by atoms with Gasteiger partial charge in [0, 0.05) is 31.6 Å². The minimum Gasteiger partial charge on any atom is -0.497 e. The van der Waals surface area contributed by atoms with Crippen molar-refractivity contribution in [3.8, 4) is 5.75 Å². The summed E-state index contributed by atoms with van der Waals surface area (Å²) in [5, 5.41) is 6.29. The molecule has 7 nitrogen and oxygen atoms in total. The third kappa shape index (κ3) is 6.82. The molecule has 0 saturated carbocycles. The molecule has 2 N–H and O–H groups in total. The number of ether oxygens (including phenoxy) is 1. The number of hydrogen-bond donors (Lipinski definition) is 2. The predicted molar refractivity (Wildman–Crippen MR) is 121 cm³/mol. The second-order valence-corrected chi connectivity index (χ2v) is 7.69. The van der Waals surface area contributed by atoms with Crippen molar-refractivity contribution in [1.29, 1.82) is 0 Å². The molecule has 2 aromatic heterocycles. The fourth-order valence-electron chi connectivity index (χ4n) is 2.85. The summed E-state index contributed by atoms with van der Waals surface area (Å²) in [6.07, 6.45) is 4.04. The first-order valence-electron chi connectivity index (χ1n) is 9.76. The van der Waals surface area contributed by atoms with Gasteiger partial charge in [0.05, 0.1) is 12.7 Å². The lowest BCUT2D eigenvalue weighted by Crippen LogP contribution is -2.26. The molecule has 1 aromatic carbocycles. The van der Waals surface area contributed by atoms with Crippen LogP contribution in [0.1, 0.15) is 28.4 Å². The molecule has 0 unspecified atom stereocenters. The van der Waals surface area contributed by atoms with Crippen molar-refractivity contribution in [1.82, 2.24) is 15.3 Å². The van der Waals surface area contributed by atoms with Crippen molar-refractivity contribution >= 4 is 29.4 Å². The predicted octanol–water partition coefficient (Wildman–Crippen LogP) is 3.71. The van der Waals surface area contributed by atoms with Crippen molar-refractivity contribution < 1.29 is 14.3 Å². The van der Waals surface area contributed by atoms with E-state index in [2.05, 4.69) is 20.6 Å². The second-order valence-electron chi connectivity index (χ2n) is 6.73. The third-order valence-corrected chi connectivity index (χ3v) is 5.45. The molecule has 0 radical (unpaired) electrons. The van der Waals surface area contributed by atoms with Gasteiger partial charge in [0.15, 0.2) is 0 Å². The molecule has 0 aliphatic carbocycles. The van der Waals surface area contributed by atoms with Crippen LogP contribution >= 0.6 is 11.8 Å². The van der Waals surface area contributed by atoms with Gasteiger partial charge in [0.1, 0.15) is 16.6 Å². The lowest BCUT2D eigenvalue weighted by molar-refractivity contribution is -0.114. The summed E-state index contributed by atoms with van der Waals surface area (Å²) >= 11 is 1.46. The molecule has 160 valence electrons. The number of hydrogen-bond acceptors (Lipinski definition) is 6. The molecular formula is C23H24N4O3S. The Bertz CT molecular complexity index is 1040. The van der Waals surface area contributed by atoms with E-state index in [-0.39, 0.29) is 11.8 Å². The number of nitrogens with zero attached hydrogens (tertiary/aromatic N) is 2. The number of nitrogens with one attached hydrogen (secondary N) is 2.